The third kappa shape index (κ3) is 3.74. The van der Waals surface area contributed by atoms with E-state index in [1.54, 1.807) is 23.1 Å². The maximum absolute atomic E-state index is 12.8. The monoisotopic (exact) mass is 412 g/mol. The van der Waals surface area contributed by atoms with E-state index in [1.807, 2.05) is 25.1 Å². The van der Waals surface area contributed by atoms with Crippen molar-refractivity contribution >= 4 is 39.1 Å². The molecule has 26 heavy (non-hydrogen) atoms. The van der Waals surface area contributed by atoms with Gasteiger partial charge in [-0.05, 0) is 31.2 Å². The Morgan fingerprint density at radius 2 is 1.65 bits per heavy atom. The first-order valence-corrected chi connectivity index (χ1v) is 10.3. The van der Waals surface area contributed by atoms with E-state index < -0.39 is 10.0 Å². The summed E-state index contributed by atoms with van der Waals surface area (Å²) in [6.45, 7) is 3.00. The molecule has 0 saturated carbocycles. The van der Waals surface area contributed by atoms with Gasteiger partial charge in [0.1, 0.15) is 4.90 Å². The van der Waals surface area contributed by atoms with Gasteiger partial charge in [0.15, 0.2) is 0 Å². The molecule has 0 unspecified atom stereocenters. The Morgan fingerprint density at radius 3 is 2.31 bits per heavy atom. The lowest BCUT2D eigenvalue weighted by atomic mass is 10.1. The van der Waals surface area contributed by atoms with Crippen molar-refractivity contribution in [3.63, 3.8) is 0 Å². The van der Waals surface area contributed by atoms with Crippen LogP contribution in [-0.2, 0) is 10.0 Å². The average Bonchev–Trinajstić information content (AvgIpc) is 2.63. The molecular weight excluding hydrogens is 395 g/mol. The van der Waals surface area contributed by atoms with E-state index >= 15 is 0 Å². The Bertz CT molecular complexity index is 939. The average molecular weight is 413 g/mol. The number of amides is 1. The second-order valence-electron chi connectivity index (χ2n) is 6.12. The number of rotatable bonds is 3. The molecule has 1 heterocycles. The SMILES string of the molecule is Cc1cccc(C(=O)N2CCN(S(=O)(=O)c3cccc(Cl)c3Cl)CC2)c1. The van der Waals surface area contributed by atoms with E-state index in [9.17, 15) is 13.2 Å². The molecule has 1 aliphatic rings. The second-order valence-corrected chi connectivity index (χ2v) is 8.81. The number of halogens is 2. The maximum atomic E-state index is 12.8. The maximum Gasteiger partial charge on any atom is 0.253 e. The van der Waals surface area contributed by atoms with Crippen LogP contribution < -0.4 is 0 Å². The largest absolute Gasteiger partial charge is 0.336 e. The van der Waals surface area contributed by atoms with Gasteiger partial charge in [-0.3, -0.25) is 4.79 Å². The first-order valence-electron chi connectivity index (χ1n) is 8.11. The zero-order chi connectivity index (χ0) is 18.9. The van der Waals surface area contributed by atoms with Gasteiger partial charge in [0.2, 0.25) is 10.0 Å². The molecule has 1 amide bonds. The fourth-order valence-electron chi connectivity index (χ4n) is 2.91. The number of benzene rings is 2. The molecule has 1 fully saturated rings. The number of carbonyl (C=O) groups is 1. The third-order valence-corrected chi connectivity index (χ3v) is 7.20. The van der Waals surface area contributed by atoms with E-state index in [0.717, 1.165) is 5.56 Å². The van der Waals surface area contributed by atoms with Gasteiger partial charge in [-0.25, -0.2) is 8.42 Å². The van der Waals surface area contributed by atoms with Crippen molar-refractivity contribution in [1.82, 2.24) is 9.21 Å². The van der Waals surface area contributed by atoms with Crippen molar-refractivity contribution in [2.45, 2.75) is 11.8 Å². The molecule has 1 aliphatic heterocycles. The van der Waals surface area contributed by atoms with Gasteiger partial charge in [0.05, 0.1) is 10.0 Å². The highest BCUT2D eigenvalue weighted by Gasteiger charge is 2.32. The lowest BCUT2D eigenvalue weighted by Gasteiger charge is -2.34. The van der Waals surface area contributed by atoms with Crippen molar-refractivity contribution in [1.29, 1.82) is 0 Å². The highest BCUT2D eigenvalue weighted by atomic mass is 35.5. The zero-order valence-electron chi connectivity index (χ0n) is 14.2. The van der Waals surface area contributed by atoms with E-state index in [1.165, 1.54) is 10.4 Å². The van der Waals surface area contributed by atoms with Gasteiger partial charge < -0.3 is 4.90 Å². The van der Waals surface area contributed by atoms with Gasteiger partial charge in [-0.2, -0.15) is 4.31 Å². The minimum atomic E-state index is -3.76. The highest BCUT2D eigenvalue weighted by Crippen LogP contribution is 2.31. The van der Waals surface area contributed by atoms with Gasteiger partial charge >= 0.3 is 0 Å². The van der Waals surface area contributed by atoms with Crippen LogP contribution in [0.3, 0.4) is 0 Å². The molecule has 8 heteroatoms. The molecule has 0 spiro atoms. The summed E-state index contributed by atoms with van der Waals surface area (Å²) in [5.41, 5.74) is 1.62. The fraction of sp³-hybridized carbons (Fsp3) is 0.278. The van der Waals surface area contributed by atoms with Crippen LogP contribution in [-0.4, -0.2) is 49.7 Å². The van der Waals surface area contributed by atoms with Crippen LogP contribution in [0.5, 0.6) is 0 Å². The summed E-state index contributed by atoms with van der Waals surface area (Å²) in [5, 5.41) is 0.216. The number of aryl methyl sites for hydroxylation is 1. The molecular formula is C18H18Cl2N2O3S. The number of hydrogen-bond acceptors (Lipinski definition) is 3. The summed E-state index contributed by atoms with van der Waals surface area (Å²) < 4.78 is 27.0. The van der Waals surface area contributed by atoms with Crippen LogP contribution in [0.1, 0.15) is 15.9 Å². The van der Waals surface area contributed by atoms with E-state index in [2.05, 4.69) is 0 Å². The van der Waals surface area contributed by atoms with Gasteiger partial charge in [-0.15, -0.1) is 0 Å². The van der Waals surface area contributed by atoms with E-state index in [4.69, 9.17) is 23.2 Å². The quantitative estimate of drug-likeness (QED) is 0.775. The van der Waals surface area contributed by atoms with Crippen LogP contribution in [0, 0.1) is 6.92 Å². The molecule has 2 aromatic carbocycles. The van der Waals surface area contributed by atoms with E-state index in [0.29, 0.717) is 18.7 Å². The smallest absolute Gasteiger partial charge is 0.253 e. The van der Waals surface area contributed by atoms with Crippen LogP contribution in [0.25, 0.3) is 0 Å². The minimum absolute atomic E-state index is 0.00914. The van der Waals surface area contributed by atoms with Crippen molar-refractivity contribution in [3.05, 3.63) is 63.6 Å². The molecule has 2 aromatic rings. The number of hydrogen-bond donors (Lipinski definition) is 0. The number of piperazine rings is 1. The van der Waals surface area contributed by atoms with Gasteiger partial charge in [0, 0.05) is 31.7 Å². The summed E-state index contributed by atoms with van der Waals surface area (Å²) in [6, 6.07) is 11.9. The highest BCUT2D eigenvalue weighted by molar-refractivity contribution is 7.89. The minimum Gasteiger partial charge on any atom is -0.336 e. The fourth-order valence-corrected chi connectivity index (χ4v) is 5.07. The summed E-state index contributed by atoms with van der Waals surface area (Å²) in [6.07, 6.45) is 0. The molecule has 1 saturated heterocycles. The topological polar surface area (TPSA) is 57.7 Å². The summed E-state index contributed by atoms with van der Waals surface area (Å²) in [4.78, 5) is 14.3. The molecule has 0 aliphatic carbocycles. The van der Waals surface area contributed by atoms with Crippen molar-refractivity contribution in [2.24, 2.45) is 0 Å². The lowest BCUT2D eigenvalue weighted by Crippen LogP contribution is -2.50. The Hall–Kier alpha value is -1.60. The Labute approximate surface area is 163 Å². The molecule has 138 valence electrons. The standard InChI is InChI=1S/C18H18Cl2N2O3S/c1-13-4-2-5-14(12-13)18(23)21-8-10-22(11-9-21)26(24,25)16-7-3-6-15(19)17(16)20/h2-7,12H,8-11H2,1H3. The molecule has 0 radical (unpaired) electrons. The zero-order valence-corrected chi connectivity index (χ0v) is 16.5. The summed E-state index contributed by atoms with van der Waals surface area (Å²) >= 11 is 12.0. The van der Waals surface area contributed by atoms with Crippen LogP contribution in [0.4, 0.5) is 0 Å². The predicted octanol–water partition coefficient (Wildman–Crippen LogP) is 3.45. The van der Waals surface area contributed by atoms with Gasteiger partial charge in [-0.1, -0.05) is 47.0 Å². The summed E-state index contributed by atoms with van der Waals surface area (Å²) in [7, 11) is -3.76. The molecule has 0 atom stereocenters. The number of sulfonamides is 1. The first-order chi connectivity index (χ1) is 12.3. The van der Waals surface area contributed by atoms with Crippen molar-refractivity contribution in [3.8, 4) is 0 Å². The Balaban J connectivity index is 1.74. The second kappa shape index (κ2) is 7.56. The van der Waals surface area contributed by atoms with Crippen LogP contribution >= 0.6 is 23.2 Å². The first kappa shape index (κ1) is 19.2. The summed E-state index contributed by atoms with van der Waals surface area (Å²) in [5.74, 6) is -0.0912. The Morgan fingerprint density at radius 1 is 1.00 bits per heavy atom. The molecule has 0 bridgehead atoms. The number of nitrogens with zero attached hydrogens (tertiary/aromatic N) is 2. The van der Waals surface area contributed by atoms with Crippen molar-refractivity contribution < 1.29 is 13.2 Å². The third-order valence-electron chi connectivity index (χ3n) is 4.32. The lowest BCUT2D eigenvalue weighted by molar-refractivity contribution is 0.0698. The van der Waals surface area contributed by atoms with Crippen LogP contribution in [0.15, 0.2) is 47.4 Å². The Kier molecular flexibility index (Phi) is 5.58. The molecule has 3 rings (SSSR count). The molecule has 0 N–H and O–H groups in total. The predicted molar refractivity (Wildman–Crippen MR) is 102 cm³/mol. The molecule has 5 nitrogen and oxygen atoms in total. The molecule has 0 aromatic heterocycles. The number of carbonyl (C=O) groups excluding carboxylic acids is 1. The van der Waals surface area contributed by atoms with Gasteiger partial charge in [0.25, 0.3) is 5.91 Å². The van der Waals surface area contributed by atoms with E-state index in [-0.39, 0.29) is 33.9 Å². The normalized spacial score (nSPS) is 15.9. The van der Waals surface area contributed by atoms with Crippen LogP contribution in [0.2, 0.25) is 10.0 Å². The van der Waals surface area contributed by atoms with Crippen molar-refractivity contribution in [2.75, 3.05) is 26.2 Å².